The molecule has 2 rings (SSSR count). The maximum absolute atomic E-state index is 13.2. The first-order valence-electron chi connectivity index (χ1n) is 6.80. The van der Waals surface area contributed by atoms with E-state index in [-0.39, 0.29) is 5.82 Å². The van der Waals surface area contributed by atoms with E-state index >= 15 is 0 Å². The molecule has 1 aromatic rings. The van der Waals surface area contributed by atoms with Crippen molar-refractivity contribution in [2.45, 2.75) is 45.2 Å². The molecular formula is C15H20FNO2. The molecule has 1 N–H and O–H groups in total. The van der Waals surface area contributed by atoms with Gasteiger partial charge in [-0.15, -0.1) is 0 Å². The number of carboxylic acid groups (broad SMARTS) is 1. The molecule has 0 spiro atoms. The molecule has 0 radical (unpaired) electrons. The average molecular weight is 265 g/mol. The van der Waals surface area contributed by atoms with Crippen LogP contribution in [0.15, 0.2) is 18.2 Å². The summed E-state index contributed by atoms with van der Waals surface area (Å²) in [6, 6.07) is 4.59. The normalized spacial score (nSPS) is 21.1. The van der Waals surface area contributed by atoms with Gasteiger partial charge in [0.15, 0.2) is 0 Å². The second-order valence-electron chi connectivity index (χ2n) is 5.26. The predicted octanol–water partition coefficient (Wildman–Crippen LogP) is 2.96. The molecule has 1 fully saturated rings. The molecule has 0 amide bonds. The van der Waals surface area contributed by atoms with Crippen LogP contribution in [-0.4, -0.2) is 28.6 Å². The number of hydrogen-bond acceptors (Lipinski definition) is 2. The summed E-state index contributed by atoms with van der Waals surface area (Å²) in [5, 5.41) is 9.31. The van der Waals surface area contributed by atoms with Gasteiger partial charge in [-0.25, -0.2) is 4.39 Å². The number of halogens is 1. The SMILES string of the molecule is Cc1cc(CN2CCCCCC2C(=O)O)ccc1F. The number of aliphatic carboxylic acids is 1. The molecule has 19 heavy (non-hydrogen) atoms. The minimum Gasteiger partial charge on any atom is -0.480 e. The number of hydrogen-bond donors (Lipinski definition) is 1. The second kappa shape index (κ2) is 6.15. The van der Waals surface area contributed by atoms with Crippen molar-refractivity contribution < 1.29 is 14.3 Å². The van der Waals surface area contributed by atoms with E-state index in [1.807, 2.05) is 4.90 Å². The van der Waals surface area contributed by atoms with Gasteiger partial charge in [-0.1, -0.05) is 25.0 Å². The average Bonchev–Trinajstić information content (AvgIpc) is 2.59. The van der Waals surface area contributed by atoms with E-state index in [2.05, 4.69) is 0 Å². The van der Waals surface area contributed by atoms with Gasteiger partial charge in [-0.3, -0.25) is 9.69 Å². The fourth-order valence-electron chi connectivity index (χ4n) is 2.68. The predicted molar refractivity (Wildman–Crippen MR) is 71.4 cm³/mol. The molecule has 0 aromatic heterocycles. The summed E-state index contributed by atoms with van der Waals surface area (Å²) >= 11 is 0. The van der Waals surface area contributed by atoms with Gasteiger partial charge in [-0.2, -0.15) is 0 Å². The summed E-state index contributed by atoms with van der Waals surface area (Å²) in [5.41, 5.74) is 1.59. The molecule has 1 aromatic carbocycles. The second-order valence-corrected chi connectivity index (χ2v) is 5.26. The zero-order valence-electron chi connectivity index (χ0n) is 11.2. The van der Waals surface area contributed by atoms with Gasteiger partial charge in [0, 0.05) is 6.54 Å². The molecule has 0 aliphatic carbocycles. The van der Waals surface area contributed by atoms with Crippen LogP contribution in [-0.2, 0) is 11.3 Å². The Morgan fingerprint density at radius 3 is 2.89 bits per heavy atom. The number of nitrogens with zero attached hydrogens (tertiary/aromatic N) is 1. The highest BCUT2D eigenvalue weighted by Gasteiger charge is 2.26. The lowest BCUT2D eigenvalue weighted by atomic mass is 10.1. The van der Waals surface area contributed by atoms with Crippen molar-refractivity contribution in [3.05, 3.63) is 35.1 Å². The zero-order valence-corrected chi connectivity index (χ0v) is 11.2. The van der Waals surface area contributed by atoms with Gasteiger partial charge in [0.25, 0.3) is 0 Å². The minimum absolute atomic E-state index is 0.214. The fraction of sp³-hybridized carbons (Fsp3) is 0.533. The van der Waals surface area contributed by atoms with Crippen molar-refractivity contribution >= 4 is 5.97 Å². The Labute approximate surface area is 113 Å². The van der Waals surface area contributed by atoms with E-state index in [1.54, 1.807) is 19.1 Å². The molecule has 4 heteroatoms. The van der Waals surface area contributed by atoms with Crippen molar-refractivity contribution in [2.75, 3.05) is 6.54 Å². The molecule has 1 saturated heterocycles. The molecule has 0 saturated carbocycles. The standard InChI is InChI=1S/C15H20FNO2/c1-11-9-12(6-7-13(11)16)10-17-8-4-2-3-5-14(17)15(18)19/h6-7,9,14H,2-5,8,10H2,1H3,(H,18,19). The van der Waals surface area contributed by atoms with Crippen LogP contribution in [0.4, 0.5) is 4.39 Å². The van der Waals surface area contributed by atoms with E-state index < -0.39 is 12.0 Å². The topological polar surface area (TPSA) is 40.5 Å². The van der Waals surface area contributed by atoms with Crippen LogP contribution in [0.3, 0.4) is 0 Å². The molecular weight excluding hydrogens is 245 g/mol. The van der Waals surface area contributed by atoms with Crippen LogP contribution in [0.1, 0.15) is 36.8 Å². The zero-order chi connectivity index (χ0) is 13.8. The number of benzene rings is 1. The van der Waals surface area contributed by atoms with Crippen LogP contribution >= 0.6 is 0 Å². The Balaban J connectivity index is 2.13. The Morgan fingerprint density at radius 2 is 2.21 bits per heavy atom. The highest BCUT2D eigenvalue weighted by atomic mass is 19.1. The van der Waals surface area contributed by atoms with Crippen molar-refractivity contribution in [1.82, 2.24) is 4.90 Å². The molecule has 1 unspecified atom stereocenters. The van der Waals surface area contributed by atoms with Gasteiger partial charge in [0.2, 0.25) is 0 Å². The Morgan fingerprint density at radius 1 is 1.42 bits per heavy atom. The third-order valence-electron chi connectivity index (χ3n) is 3.76. The highest BCUT2D eigenvalue weighted by molar-refractivity contribution is 5.73. The lowest BCUT2D eigenvalue weighted by Crippen LogP contribution is -2.40. The molecule has 1 aliphatic rings. The van der Waals surface area contributed by atoms with Gasteiger partial charge >= 0.3 is 5.97 Å². The van der Waals surface area contributed by atoms with E-state index in [1.165, 1.54) is 6.07 Å². The molecule has 1 aliphatic heterocycles. The third-order valence-corrected chi connectivity index (χ3v) is 3.76. The van der Waals surface area contributed by atoms with Crippen LogP contribution in [0.2, 0.25) is 0 Å². The number of aryl methyl sites for hydroxylation is 1. The Bertz CT molecular complexity index is 461. The smallest absolute Gasteiger partial charge is 0.320 e. The van der Waals surface area contributed by atoms with Crippen molar-refractivity contribution in [1.29, 1.82) is 0 Å². The fourth-order valence-corrected chi connectivity index (χ4v) is 2.68. The molecule has 1 heterocycles. The van der Waals surface area contributed by atoms with E-state index in [9.17, 15) is 14.3 Å². The maximum Gasteiger partial charge on any atom is 0.320 e. The summed E-state index contributed by atoms with van der Waals surface area (Å²) in [6.07, 6.45) is 3.79. The molecule has 1 atom stereocenters. The van der Waals surface area contributed by atoms with Crippen LogP contribution in [0, 0.1) is 12.7 Å². The van der Waals surface area contributed by atoms with Crippen molar-refractivity contribution in [3.63, 3.8) is 0 Å². The first-order valence-corrected chi connectivity index (χ1v) is 6.80. The van der Waals surface area contributed by atoms with Crippen LogP contribution in [0.5, 0.6) is 0 Å². The van der Waals surface area contributed by atoms with E-state index in [0.29, 0.717) is 18.5 Å². The monoisotopic (exact) mass is 265 g/mol. The summed E-state index contributed by atoms with van der Waals surface area (Å²) in [7, 11) is 0. The number of rotatable bonds is 3. The number of carbonyl (C=O) groups is 1. The quantitative estimate of drug-likeness (QED) is 0.913. The van der Waals surface area contributed by atoms with Gasteiger partial charge in [0.05, 0.1) is 0 Å². The minimum atomic E-state index is -0.749. The molecule has 0 bridgehead atoms. The summed E-state index contributed by atoms with van der Waals surface area (Å²) in [5.74, 6) is -0.963. The van der Waals surface area contributed by atoms with Gasteiger partial charge in [-0.05, 0) is 43.5 Å². The van der Waals surface area contributed by atoms with Crippen molar-refractivity contribution in [3.8, 4) is 0 Å². The lowest BCUT2D eigenvalue weighted by molar-refractivity contribution is -0.143. The Hall–Kier alpha value is -1.42. The lowest BCUT2D eigenvalue weighted by Gasteiger charge is -2.26. The maximum atomic E-state index is 13.2. The number of likely N-dealkylation sites (tertiary alicyclic amines) is 1. The largest absolute Gasteiger partial charge is 0.480 e. The van der Waals surface area contributed by atoms with Gasteiger partial charge < -0.3 is 5.11 Å². The first-order chi connectivity index (χ1) is 9.08. The van der Waals surface area contributed by atoms with E-state index in [0.717, 1.165) is 31.4 Å². The summed E-state index contributed by atoms with van der Waals surface area (Å²) in [4.78, 5) is 13.3. The van der Waals surface area contributed by atoms with Gasteiger partial charge in [0.1, 0.15) is 11.9 Å². The molecule has 104 valence electrons. The first kappa shape index (κ1) is 14.0. The Kier molecular flexibility index (Phi) is 4.53. The van der Waals surface area contributed by atoms with Crippen molar-refractivity contribution in [2.24, 2.45) is 0 Å². The van der Waals surface area contributed by atoms with Crippen LogP contribution < -0.4 is 0 Å². The number of carboxylic acids is 1. The summed E-state index contributed by atoms with van der Waals surface area (Å²) < 4.78 is 13.2. The van der Waals surface area contributed by atoms with E-state index in [4.69, 9.17) is 0 Å². The third kappa shape index (κ3) is 3.53. The van der Waals surface area contributed by atoms with Crippen LogP contribution in [0.25, 0.3) is 0 Å². The summed E-state index contributed by atoms with van der Waals surface area (Å²) in [6.45, 7) is 3.11. The highest BCUT2D eigenvalue weighted by Crippen LogP contribution is 2.20. The molecule has 3 nitrogen and oxygen atoms in total.